The Labute approximate surface area is 85.5 Å². The molecule has 0 aromatic carbocycles. The van der Waals surface area contributed by atoms with Crippen molar-refractivity contribution in [1.82, 2.24) is 9.78 Å². The van der Waals surface area contributed by atoms with Crippen molar-refractivity contribution in [2.75, 3.05) is 0 Å². The van der Waals surface area contributed by atoms with Crippen LogP contribution >= 0.6 is 0 Å². The van der Waals surface area contributed by atoms with E-state index in [9.17, 15) is 13.2 Å². The lowest BCUT2D eigenvalue weighted by atomic mass is 10.1. The SMILES string of the molecule is CC(C)c1cnn(C[C@@H](O)C(F)(F)F)c1. The molecule has 1 atom stereocenters. The third kappa shape index (κ3) is 3.23. The number of halogens is 3. The van der Waals surface area contributed by atoms with E-state index in [1.54, 1.807) is 0 Å². The fourth-order valence-electron chi connectivity index (χ4n) is 1.06. The Morgan fingerprint density at radius 2 is 2.07 bits per heavy atom. The molecular formula is C9H13F3N2O. The number of rotatable bonds is 3. The molecule has 86 valence electrons. The second-order valence-corrected chi connectivity index (χ2v) is 3.71. The van der Waals surface area contributed by atoms with Crippen molar-refractivity contribution in [2.24, 2.45) is 0 Å². The van der Waals surface area contributed by atoms with Crippen molar-refractivity contribution in [3.05, 3.63) is 18.0 Å². The van der Waals surface area contributed by atoms with Crippen LogP contribution in [0.5, 0.6) is 0 Å². The summed E-state index contributed by atoms with van der Waals surface area (Å²) in [7, 11) is 0. The minimum Gasteiger partial charge on any atom is -0.382 e. The van der Waals surface area contributed by atoms with Crippen molar-refractivity contribution in [3.8, 4) is 0 Å². The molecule has 1 aromatic rings. The molecule has 1 rings (SSSR count). The molecule has 1 N–H and O–H groups in total. The summed E-state index contributed by atoms with van der Waals surface area (Å²) in [5.41, 5.74) is 0.851. The summed E-state index contributed by atoms with van der Waals surface area (Å²) in [6, 6.07) is 0. The number of aliphatic hydroxyl groups is 1. The number of aromatic nitrogens is 2. The largest absolute Gasteiger partial charge is 0.416 e. The van der Waals surface area contributed by atoms with Gasteiger partial charge in [0.25, 0.3) is 0 Å². The predicted molar refractivity (Wildman–Crippen MR) is 48.4 cm³/mol. The highest BCUT2D eigenvalue weighted by Crippen LogP contribution is 2.21. The highest BCUT2D eigenvalue weighted by atomic mass is 19.4. The quantitative estimate of drug-likeness (QED) is 0.848. The lowest BCUT2D eigenvalue weighted by Gasteiger charge is -2.13. The maximum absolute atomic E-state index is 12.0. The third-order valence-corrected chi connectivity index (χ3v) is 2.06. The molecule has 0 unspecified atom stereocenters. The van der Waals surface area contributed by atoms with E-state index in [0.29, 0.717) is 0 Å². The summed E-state index contributed by atoms with van der Waals surface area (Å²) in [5.74, 6) is 0.210. The van der Waals surface area contributed by atoms with E-state index in [4.69, 9.17) is 5.11 Å². The average molecular weight is 222 g/mol. The van der Waals surface area contributed by atoms with Crippen LogP contribution in [0.1, 0.15) is 25.3 Å². The normalized spacial score (nSPS) is 14.6. The van der Waals surface area contributed by atoms with Crippen LogP contribution < -0.4 is 0 Å². The Bertz CT molecular complexity index is 319. The molecule has 0 radical (unpaired) electrons. The van der Waals surface area contributed by atoms with E-state index in [-0.39, 0.29) is 5.92 Å². The molecule has 6 heteroatoms. The zero-order chi connectivity index (χ0) is 11.6. The first-order chi connectivity index (χ1) is 6.80. The molecule has 0 aliphatic heterocycles. The second-order valence-electron chi connectivity index (χ2n) is 3.71. The summed E-state index contributed by atoms with van der Waals surface area (Å²) < 4.78 is 37.1. The fourth-order valence-corrected chi connectivity index (χ4v) is 1.06. The van der Waals surface area contributed by atoms with Gasteiger partial charge in [-0.1, -0.05) is 13.8 Å². The molecule has 1 aromatic heterocycles. The topological polar surface area (TPSA) is 38.0 Å². The van der Waals surface area contributed by atoms with E-state index in [0.717, 1.165) is 10.2 Å². The highest BCUT2D eigenvalue weighted by molar-refractivity contribution is 5.08. The van der Waals surface area contributed by atoms with Gasteiger partial charge in [0.15, 0.2) is 6.10 Å². The number of alkyl halides is 3. The van der Waals surface area contributed by atoms with Gasteiger partial charge in [0.05, 0.1) is 12.7 Å². The van der Waals surface area contributed by atoms with Gasteiger partial charge in [0, 0.05) is 6.20 Å². The van der Waals surface area contributed by atoms with Crippen LogP contribution in [-0.4, -0.2) is 27.2 Å². The smallest absolute Gasteiger partial charge is 0.382 e. The average Bonchev–Trinajstić information content (AvgIpc) is 2.50. The molecule has 0 saturated carbocycles. The number of hydrogen-bond acceptors (Lipinski definition) is 2. The minimum absolute atomic E-state index is 0.210. The van der Waals surface area contributed by atoms with Gasteiger partial charge in [0.2, 0.25) is 0 Å². The monoisotopic (exact) mass is 222 g/mol. The second kappa shape index (κ2) is 4.22. The Hall–Kier alpha value is -1.04. The van der Waals surface area contributed by atoms with Crippen molar-refractivity contribution in [2.45, 2.75) is 38.6 Å². The van der Waals surface area contributed by atoms with E-state index in [1.165, 1.54) is 12.4 Å². The molecule has 3 nitrogen and oxygen atoms in total. The Balaban J connectivity index is 2.65. The van der Waals surface area contributed by atoms with Gasteiger partial charge in [-0.05, 0) is 11.5 Å². The van der Waals surface area contributed by atoms with E-state index in [1.807, 2.05) is 13.8 Å². The number of nitrogens with zero attached hydrogens (tertiary/aromatic N) is 2. The van der Waals surface area contributed by atoms with Crippen LogP contribution in [0.15, 0.2) is 12.4 Å². The molecule has 0 bridgehead atoms. The van der Waals surface area contributed by atoms with Crippen molar-refractivity contribution < 1.29 is 18.3 Å². The lowest BCUT2D eigenvalue weighted by Crippen LogP contribution is -2.32. The first kappa shape index (κ1) is 12.0. The van der Waals surface area contributed by atoms with Gasteiger partial charge in [0.1, 0.15) is 0 Å². The van der Waals surface area contributed by atoms with Crippen molar-refractivity contribution in [1.29, 1.82) is 0 Å². The van der Waals surface area contributed by atoms with Crippen LogP contribution in [0, 0.1) is 0 Å². The van der Waals surface area contributed by atoms with Crippen molar-refractivity contribution >= 4 is 0 Å². The van der Waals surface area contributed by atoms with Gasteiger partial charge < -0.3 is 5.11 Å². The van der Waals surface area contributed by atoms with Crippen LogP contribution in [-0.2, 0) is 6.54 Å². The number of hydrogen-bond donors (Lipinski definition) is 1. The summed E-state index contributed by atoms with van der Waals surface area (Å²) >= 11 is 0. The number of aliphatic hydroxyl groups excluding tert-OH is 1. The molecule has 0 saturated heterocycles. The maximum Gasteiger partial charge on any atom is 0.416 e. The zero-order valence-electron chi connectivity index (χ0n) is 8.49. The first-order valence-corrected chi connectivity index (χ1v) is 4.58. The van der Waals surface area contributed by atoms with E-state index >= 15 is 0 Å². The summed E-state index contributed by atoms with van der Waals surface area (Å²) in [5, 5.41) is 12.5. The molecule has 0 aliphatic carbocycles. The predicted octanol–water partition coefficient (Wildman–Crippen LogP) is 1.93. The molecule has 0 aliphatic rings. The lowest BCUT2D eigenvalue weighted by molar-refractivity contribution is -0.208. The van der Waals surface area contributed by atoms with Crippen LogP contribution in [0.3, 0.4) is 0 Å². The Morgan fingerprint density at radius 3 is 2.47 bits per heavy atom. The van der Waals surface area contributed by atoms with Crippen LogP contribution in [0.25, 0.3) is 0 Å². The molecule has 15 heavy (non-hydrogen) atoms. The molecular weight excluding hydrogens is 209 g/mol. The van der Waals surface area contributed by atoms with Gasteiger partial charge in [-0.2, -0.15) is 18.3 Å². The van der Waals surface area contributed by atoms with E-state index < -0.39 is 18.8 Å². The molecule has 0 fully saturated rings. The highest BCUT2D eigenvalue weighted by Gasteiger charge is 2.38. The van der Waals surface area contributed by atoms with Crippen LogP contribution in [0.2, 0.25) is 0 Å². The molecule has 0 spiro atoms. The fraction of sp³-hybridized carbons (Fsp3) is 0.667. The Morgan fingerprint density at radius 1 is 1.47 bits per heavy atom. The van der Waals surface area contributed by atoms with Gasteiger partial charge in [-0.25, -0.2) is 0 Å². The van der Waals surface area contributed by atoms with Crippen LogP contribution in [0.4, 0.5) is 13.2 Å². The molecule has 1 heterocycles. The van der Waals surface area contributed by atoms with Gasteiger partial charge >= 0.3 is 6.18 Å². The van der Waals surface area contributed by atoms with Crippen molar-refractivity contribution in [3.63, 3.8) is 0 Å². The standard InChI is InChI=1S/C9H13F3N2O/c1-6(2)7-3-13-14(4-7)5-8(15)9(10,11)12/h3-4,6,8,15H,5H2,1-2H3/t8-/m1/s1. The first-order valence-electron chi connectivity index (χ1n) is 4.58. The summed E-state index contributed by atoms with van der Waals surface area (Å²) in [4.78, 5) is 0. The third-order valence-electron chi connectivity index (χ3n) is 2.06. The maximum atomic E-state index is 12.0. The zero-order valence-corrected chi connectivity index (χ0v) is 8.49. The Kier molecular flexibility index (Phi) is 3.38. The summed E-state index contributed by atoms with van der Waals surface area (Å²) in [6.45, 7) is 3.28. The van der Waals surface area contributed by atoms with Gasteiger partial charge in [-0.15, -0.1) is 0 Å². The summed E-state index contributed by atoms with van der Waals surface area (Å²) in [6.07, 6.45) is -3.94. The van der Waals surface area contributed by atoms with Gasteiger partial charge in [-0.3, -0.25) is 4.68 Å². The van der Waals surface area contributed by atoms with E-state index in [2.05, 4.69) is 5.10 Å². The minimum atomic E-state index is -4.59. The molecule has 0 amide bonds.